The molecule has 4 rings (SSSR count). The second-order valence-electron chi connectivity index (χ2n) is 6.63. The number of aromatic nitrogens is 4. The molecule has 0 bridgehead atoms. The highest BCUT2D eigenvalue weighted by atomic mass is 19.1. The van der Waals surface area contributed by atoms with Gasteiger partial charge in [0.25, 0.3) is 0 Å². The van der Waals surface area contributed by atoms with Gasteiger partial charge in [-0.15, -0.1) is 0 Å². The number of aliphatic hydroxyl groups excluding tert-OH is 1. The third-order valence-corrected chi connectivity index (χ3v) is 4.43. The Morgan fingerprint density at radius 2 is 1.93 bits per heavy atom. The summed E-state index contributed by atoms with van der Waals surface area (Å²) in [5.74, 6) is 1.96. The van der Waals surface area contributed by atoms with Crippen LogP contribution in [0.2, 0.25) is 0 Å². The molecule has 0 spiro atoms. The average Bonchev–Trinajstić information content (AvgIpc) is 2.66. The molecule has 1 saturated heterocycles. The molecule has 8 nitrogen and oxygen atoms in total. The summed E-state index contributed by atoms with van der Waals surface area (Å²) in [6.45, 7) is 3.00. The van der Waals surface area contributed by atoms with Crippen molar-refractivity contribution in [2.24, 2.45) is 0 Å². The molecule has 3 aromatic rings. The molecule has 1 atom stereocenters. The van der Waals surface area contributed by atoms with Gasteiger partial charge in [0, 0.05) is 31.5 Å². The molecule has 1 fully saturated rings. The molecule has 9 heteroatoms. The van der Waals surface area contributed by atoms with Crippen molar-refractivity contribution < 1.29 is 9.50 Å². The van der Waals surface area contributed by atoms with Crippen molar-refractivity contribution >= 4 is 23.4 Å². The lowest BCUT2D eigenvalue weighted by molar-refractivity contribution is 0.141. The fourth-order valence-corrected chi connectivity index (χ4v) is 2.89. The summed E-state index contributed by atoms with van der Waals surface area (Å²) in [5, 5.41) is 16.0. The van der Waals surface area contributed by atoms with Crippen molar-refractivity contribution in [3.8, 4) is 0 Å². The smallest absolute Gasteiger partial charge is 0.227 e. The second-order valence-corrected chi connectivity index (χ2v) is 6.63. The Balaban J connectivity index is 1.58. The molecular weight excluding hydrogens is 361 g/mol. The average molecular weight is 381 g/mol. The lowest BCUT2D eigenvalue weighted by atomic mass is 10.1. The van der Waals surface area contributed by atoms with Crippen molar-refractivity contribution in [3.63, 3.8) is 0 Å². The van der Waals surface area contributed by atoms with Crippen LogP contribution in [-0.4, -0.2) is 44.2 Å². The molecular formula is C19H20FN7O. The molecule has 0 amide bonds. The Morgan fingerprint density at radius 1 is 1.14 bits per heavy atom. The van der Waals surface area contributed by atoms with Crippen molar-refractivity contribution in [2.45, 2.75) is 19.1 Å². The van der Waals surface area contributed by atoms with E-state index in [0.717, 1.165) is 5.56 Å². The van der Waals surface area contributed by atoms with Crippen LogP contribution in [0.3, 0.4) is 0 Å². The first-order valence-electron chi connectivity index (χ1n) is 8.94. The van der Waals surface area contributed by atoms with Crippen LogP contribution in [0.5, 0.6) is 0 Å². The van der Waals surface area contributed by atoms with E-state index >= 15 is 0 Å². The Kier molecular flexibility index (Phi) is 4.98. The molecule has 1 unspecified atom stereocenters. The van der Waals surface area contributed by atoms with Gasteiger partial charge in [0.2, 0.25) is 5.95 Å². The Morgan fingerprint density at radius 3 is 2.61 bits per heavy atom. The van der Waals surface area contributed by atoms with Crippen molar-refractivity contribution in [1.82, 2.24) is 19.9 Å². The summed E-state index contributed by atoms with van der Waals surface area (Å²) >= 11 is 0. The lowest BCUT2D eigenvalue weighted by Gasteiger charge is -2.37. The normalized spacial score (nSPS) is 15.0. The molecule has 0 saturated carbocycles. The van der Waals surface area contributed by atoms with E-state index in [0.29, 0.717) is 36.5 Å². The SMILES string of the molecule is CC(Nc1nc(Nc2cnccn2)cc(N2CC(O)C2)n1)c1ccc(F)cc1. The fraction of sp³-hybridized carbons (Fsp3) is 0.263. The quantitative estimate of drug-likeness (QED) is 0.599. The van der Waals surface area contributed by atoms with Crippen LogP contribution in [0.25, 0.3) is 0 Å². The molecule has 3 heterocycles. The Bertz CT molecular complexity index is 933. The number of benzene rings is 1. The molecule has 1 aliphatic heterocycles. The highest BCUT2D eigenvalue weighted by Gasteiger charge is 2.26. The summed E-state index contributed by atoms with van der Waals surface area (Å²) in [4.78, 5) is 19.3. The maximum atomic E-state index is 13.2. The maximum absolute atomic E-state index is 13.2. The summed E-state index contributed by atoms with van der Waals surface area (Å²) < 4.78 is 13.2. The topological polar surface area (TPSA) is 99.1 Å². The van der Waals surface area contributed by atoms with Gasteiger partial charge in [0.1, 0.15) is 23.3 Å². The summed E-state index contributed by atoms with van der Waals surface area (Å²) in [5.41, 5.74) is 0.915. The van der Waals surface area contributed by atoms with Crippen LogP contribution in [-0.2, 0) is 0 Å². The van der Waals surface area contributed by atoms with E-state index in [9.17, 15) is 9.50 Å². The molecule has 2 aromatic heterocycles. The van der Waals surface area contributed by atoms with E-state index in [1.54, 1.807) is 36.8 Å². The third kappa shape index (κ3) is 4.15. The summed E-state index contributed by atoms with van der Waals surface area (Å²) in [6.07, 6.45) is 4.44. The van der Waals surface area contributed by atoms with Crippen LogP contribution < -0.4 is 15.5 Å². The predicted molar refractivity (Wildman–Crippen MR) is 104 cm³/mol. The predicted octanol–water partition coefficient (Wildman–Crippen LogP) is 2.50. The zero-order chi connectivity index (χ0) is 19.5. The number of hydrogen-bond donors (Lipinski definition) is 3. The van der Waals surface area contributed by atoms with Gasteiger partial charge in [-0.2, -0.15) is 9.97 Å². The second kappa shape index (κ2) is 7.73. The van der Waals surface area contributed by atoms with Crippen LogP contribution in [0.15, 0.2) is 48.9 Å². The zero-order valence-electron chi connectivity index (χ0n) is 15.2. The number of anilines is 4. The van der Waals surface area contributed by atoms with E-state index in [-0.39, 0.29) is 18.0 Å². The van der Waals surface area contributed by atoms with Crippen molar-refractivity contribution in [3.05, 3.63) is 60.3 Å². The van der Waals surface area contributed by atoms with E-state index in [2.05, 4.69) is 30.6 Å². The molecule has 0 aliphatic carbocycles. The monoisotopic (exact) mass is 381 g/mol. The number of halogens is 1. The Labute approximate surface area is 161 Å². The first kappa shape index (κ1) is 18.1. The minimum absolute atomic E-state index is 0.123. The van der Waals surface area contributed by atoms with Crippen molar-refractivity contribution in [2.75, 3.05) is 28.6 Å². The van der Waals surface area contributed by atoms with Gasteiger partial charge in [0.15, 0.2) is 0 Å². The lowest BCUT2D eigenvalue weighted by Crippen LogP contribution is -2.51. The van der Waals surface area contributed by atoms with Gasteiger partial charge in [-0.1, -0.05) is 12.1 Å². The number of nitrogens with one attached hydrogen (secondary N) is 2. The Hall–Kier alpha value is -3.33. The largest absolute Gasteiger partial charge is 0.389 e. The van der Waals surface area contributed by atoms with Gasteiger partial charge >= 0.3 is 0 Å². The van der Waals surface area contributed by atoms with E-state index in [4.69, 9.17) is 0 Å². The van der Waals surface area contributed by atoms with Crippen LogP contribution in [0.1, 0.15) is 18.5 Å². The molecule has 1 aliphatic rings. The first-order valence-corrected chi connectivity index (χ1v) is 8.94. The van der Waals surface area contributed by atoms with E-state index in [1.807, 2.05) is 11.8 Å². The first-order chi connectivity index (χ1) is 13.6. The van der Waals surface area contributed by atoms with E-state index in [1.165, 1.54) is 12.1 Å². The minimum atomic E-state index is -0.346. The van der Waals surface area contributed by atoms with Gasteiger partial charge in [-0.05, 0) is 24.6 Å². The van der Waals surface area contributed by atoms with Crippen LogP contribution >= 0.6 is 0 Å². The standard InChI is InChI=1S/C19H20FN7O/c1-12(13-2-4-14(20)5-3-13)23-19-25-16(24-17-9-21-6-7-22-17)8-18(26-19)27-10-15(28)11-27/h2-9,12,15,28H,10-11H2,1H3,(H2,22,23,24,25,26). The zero-order valence-corrected chi connectivity index (χ0v) is 15.2. The molecule has 3 N–H and O–H groups in total. The van der Waals surface area contributed by atoms with Gasteiger partial charge in [0.05, 0.1) is 18.3 Å². The number of hydrogen-bond acceptors (Lipinski definition) is 8. The van der Waals surface area contributed by atoms with Crippen LogP contribution in [0, 0.1) is 5.82 Å². The maximum Gasteiger partial charge on any atom is 0.227 e. The van der Waals surface area contributed by atoms with Crippen LogP contribution in [0.4, 0.5) is 27.8 Å². The molecule has 144 valence electrons. The van der Waals surface area contributed by atoms with E-state index < -0.39 is 0 Å². The number of aliphatic hydroxyl groups is 1. The van der Waals surface area contributed by atoms with Crippen molar-refractivity contribution in [1.29, 1.82) is 0 Å². The number of nitrogens with zero attached hydrogens (tertiary/aromatic N) is 5. The highest BCUT2D eigenvalue weighted by Crippen LogP contribution is 2.26. The minimum Gasteiger partial charge on any atom is -0.389 e. The summed E-state index contributed by atoms with van der Waals surface area (Å²) in [7, 11) is 0. The number of rotatable bonds is 6. The third-order valence-electron chi connectivity index (χ3n) is 4.43. The molecule has 28 heavy (non-hydrogen) atoms. The summed E-state index contributed by atoms with van der Waals surface area (Å²) in [6, 6.07) is 7.97. The molecule has 0 radical (unpaired) electrons. The van der Waals surface area contributed by atoms with Gasteiger partial charge in [-0.25, -0.2) is 9.37 Å². The fourth-order valence-electron chi connectivity index (χ4n) is 2.89. The number of β-amino-alcohol motifs (C(OH)–C–C–N with tert-alkyl or cyclic N) is 1. The highest BCUT2D eigenvalue weighted by molar-refractivity contribution is 5.60. The van der Waals surface area contributed by atoms with Gasteiger partial charge in [-0.3, -0.25) is 4.98 Å². The molecule has 1 aromatic carbocycles. The van der Waals surface area contributed by atoms with Gasteiger partial charge < -0.3 is 20.6 Å².